The molecule has 55 heavy (non-hydrogen) atoms. The van der Waals surface area contributed by atoms with E-state index in [4.69, 9.17) is 31.0 Å². The molecule has 1 aliphatic carbocycles. The summed E-state index contributed by atoms with van der Waals surface area (Å²) >= 11 is 7.00. The average molecular weight is 784 g/mol. The van der Waals surface area contributed by atoms with Gasteiger partial charge >= 0.3 is 6.01 Å². The van der Waals surface area contributed by atoms with Gasteiger partial charge in [0.25, 0.3) is 0 Å². The van der Waals surface area contributed by atoms with Crippen molar-refractivity contribution in [3.8, 4) is 34.4 Å². The van der Waals surface area contributed by atoms with Crippen molar-refractivity contribution in [1.82, 2.24) is 20.2 Å². The van der Waals surface area contributed by atoms with E-state index in [9.17, 15) is 5.11 Å². The van der Waals surface area contributed by atoms with E-state index in [-0.39, 0.29) is 22.7 Å². The Morgan fingerprint density at radius 2 is 1.67 bits per heavy atom. The summed E-state index contributed by atoms with van der Waals surface area (Å²) in [6, 6.07) is 11.7. The second-order valence-corrected chi connectivity index (χ2v) is 23.5. The SMILES string of the molecule is CC(C)[Si](C#Cc1c(Cl)ccc2cc(O)cc(-c3ccc4c(N5CC6CCC(C5)N6)nc(OCC5(CN6CCOCC6)CC5)nc4c3F)c12)(C(C)C)C(C)C. The van der Waals surface area contributed by atoms with Crippen LogP contribution in [-0.2, 0) is 4.74 Å². The van der Waals surface area contributed by atoms with E-state index in [1.54, 1.807) is 18.2 Å². The smallest absolute Gasteiger partial charge is 0.319 e. The maximum atomic E-state index is 17.5. The number of phenolic OH excluding ortho intramolecular Hbond substituents is 1. The van der Waals surface area contributed by atoms with E-state index in [1.807, 2.05) is 18.2 Å². The molecule has 3 saturated heterocycles. The molecule has 4 heterocycles. The van der Waals surface area contributed by atoms with Crippen LogP contribution in [0.3, 0.4) is 0 Å². The predicted molar refractivity (Wildman–Crippen MR) is 224 cm³/mol. The first-order valence-corrected chi connectivity index (χ1v) is 22.9. The summed E-state index contributed by atoms with van der Waals surface area (Å²) in [6.45, 7) is 20.1. The quantitative estimate of drug-likeness (QED) is 0.122. The van der Waals surface area contributed by atoms with Gasteiger partial charge in [-0.25, -0.2) is 4.39 Å². The molecule has 8 rings (SSSR count). The molecule has 3 aliphatic heterocycles. The fourth-order valence-electron chi connectivity index (χ4n) is 9.95. The molecule has 2 atom stereocenters. The number of ether oxygens (including phenoxy) is 2. The third-order valence-electron chi connectivity index (χ3n) is 13.0. The maximum absolute atomic E-state index is 17.5. The largest absolute Gasteiger partial charge is 0.508 e. The molecule has 4 aromatic rings. The third kappa shape index (κ3) is 7.32. The van der Waals surface area contributed by atoms with Gasteiger partial charge in [0.05, 0.1) is 30.4 Å². The van der Waals surface area contributed by atoms with Gasteiger partial charge in [0.15, 0.2) is 5.82 Å². The number of benzene rings is 3. The monoisotopic (exact) mass is 783 g/mol. The highest BCUT2D eigenvalue weighted by molar-refractivity contribution is 6.90. The summed E-state index contributed by atoms with van der Waals surface area (Å²) in [4.78, 5) is 14.6. The Hall–Kier alpha value is -3.46. The van der Waals surface area contributed by atoms with E-state index in [2.05, 4.69) is 68.1 Å². The molecule has 2 unspecified atom stereocenters. The molecule has 11 heteroatoms. The van der Waals surface area contributed by atoms with Crippen molar-refractivity contribution < 1.29 is 19.0 Å². The van der Waals surface area contributed by atoms with Gasteiger partial charge in [0, 0.05) is 66.6 Å². The third-order valence-corrected chi connectivity index (χ3v) is 19.6. The number of hydrogen-bond donors (Lipinski definition) is 2. The fraction of sp³-hybridized carbons (Fsp3) is 0.545. The number of rotatable bonds is 10. The summed E-state index contributed by atoms with van der Waals surface area (Å²) in [7, 11) is -2.13. The molecular formula is C44H55ClFN5O3Si. The van der Waals surface area contributed by atoms with Crippen molar-refractivity contribution in [3.63, 3.8) is 0 Å². The van der Waals surface area contributed by atoms with Crippen LogP contribution in [0.5, 0.6) is 11.8 Å². The van der Waals surface area contributed by atoms with Gasteiger partial charge in [-0.2, -0.15) is 9.97 Å². The van der Waals surface area contributed by atoms with Gasteiger partial charge in [-0.1, -0.05) is 71.2 Å². The number of aromatic nitrogens is 2. The molecule has 2 N–H and O–H groups in total. The first-order chi connectivity index (χ1) is 26.4. The Morgan fingerprint density at radius 1 is 0.982 bits per heavy atom. The number of nitrogens with one attached hydrogen (secondary N) is 1. The predicted octanol–water partition coefficient (Wildman–Crippen LogP) is 8.95. The van der Waals surface area contributed by atoms with Crippen LogP contribution in [0.2, 0.25) is 21.6 Å². The van der Waals surface area contributed by atoms with Crippen molar-refractivity contribution in [3.05, 3.63) is 52.8 Å². The van der Waals surface area contributed by atoms with Crippen LogP contribution in [0, 0.1) is 22.7 Å². The van der Waals surface area contributed by atoms with Crippen molar-refractivity contribution in [2.75, 3.05) is 57.4 Å². The van der Waals surface area contributed by atoms with Crippen molar-refractivity contribution in [1.29, 1.82) is 0 Å². The minimum Gasteiger partial charge on any atom is -0.508 e. The van der Waals surface area contributed by atoms with Gasteiger partial charge in [-0.3, -0.25) is 4.90 Å². The maximum Gasteiger partial charge on any atom is 0.319 e. The lowest BCUT2D eigenvalue weighted by molar-refractivity contribution is 0.0231. The van der Waals surface area contributed by atoms with Gasteiger partial charge in [0.1, 0.15) is 25.2 Å². The Labute approximate surface area is 331 Å². The highest BCUT2D eigenvalue weighted by Gasteiger charge is 2.45. The van der Waals surface area contributed by atoms with Gasteiger partial charge in [-0.05, 0) is 77.5 Å². The van der Waals surface area contributed by atoms with Crippen LogP contribution >= 0.6 is 11.6 Å². The summed E-state index contributed by atoms with van der Waals surface area (Å²) < 4.78 is 29.5. The van der Waals surface area contributed by atoms with E-state index >= 15 is 4.39 Å². The van der Waals surface area contributed by atoms with Gasteiger partial charge in [0.2, 0.25) is 0 Å². The Kier molecular flexibility index (Phi) is 10.6. The Morgan fingerprint density at radius 3 is 2.33 bits per heavy atom. The molecule has 3 aromatic carbocycles. The van der Waals surface area contributed by atoms with Crippen LogP contribution < -0.4 is 15.0 Å². The molecular weight excluding hydrogens is 729 g/mol. The summed E-state index contributed by atoms with van der Waals surface area (Å²) in [5.74, 6) is 3.83. The van der Waals surface area contributed by atoms with E-state index < -0.39 is 13.9 Å². The van der Waals surface area contributed by atoms with Crippen LogP contribution in [0.15, 0.2) is 36.4 Å². The zero-order valence-electron chi connectivity index (χ0n) is 33.1. The minimum atomic E-state index is -2.13. The number of nitrogens with zero attached hydrogens (tertiary/aromatic N) is 4. The van der Waals surface area contributed by atoms with E-state index in [0.717, 1.165) is 82.4 Å². The lowest BCUT2D eigenvalue weighted by Crippen LogP contribution is -2.51. The van der Waals surface area contributed by atoms with Crippen LogP contribution in [0.4, 0.5) is 10.2 Å². The summed E-state index contributed by atoms with van der Waals surface area (Å²) in [5.41, 5.74) is 6.88. The lowest BCUT2D eigenvalue weighted by atomic mass is 9.93. The number of aromatic hydroxyl groups is 1. The van der Waals surface area contributed by atoms with Gasteiger partial charge in [-0.15, -0.1) is 5.54 Å². The topological polar surface area (TPSA) is 83.0 Å². The number of piperazine rings is 1. The normalized spacial score (nSPS) is 21.2. The fourth-order valence-corrected chi connectivity index (χ4v) is 15.4. The molecule has 1 aromatic heterocycles. The molecule has 8 nitrogen and oxygen atoms in total. The molecule has 0 radical (unpaired) electrons. The molecule has 1 saturated carbocycles. The zero-order chi connectivity index (χ0) is 38.6. The molecule has 4 fully saturated rings. The van der Waals surface area contributed by atoms with E-state index in [0.29, 0.717) is 68.2 Å². The molecule has 0 spiro atoms. The van der Waals surface area contributed by atoms with E-state index in [1.165, 1.54) is 0 Å². The number of hydrogen-bond acceptors (Lipinski definition) is 8. The van der Waals surface area contributed by atoms with Crippen molar-refractivity contribution in [2.24, 2.45) is 5.41 Å². The number of phenols is 1. The molecule has 4 aliphatic rings. The highest BCUT2D eigenvalue weighted by atomic mass is 35.5. The average Bonchev–Trinajstić information content (AvgIpc) is 3.84. The Bertz CT molecular complexity index is 2130. The second-order valence-electron chi connectivity index (χ2n) is 17.5. The molecule has 292 valence electrons. The number of anilines is 1. The molecule has 0 amide bonds. The Balaban J connectivity index is 1.25. The van der Waals surface area contributed by atoms with Crippen LogP contribution in [0.1, 0.15) is 72.8 Å². The van der Waals surface area contributed by atoms with Crippen molar-refractivity contribution >= 4 is 47.2 Å². The number of morpholine rings is 1. The first kappa shape index (κ1) is 38.4. The summed E-state index contributed by atoms with van der Waals surface area (Å²) in [5, 5.41) is 17.4. The highest BCUT2D eigenvalue weighted by Crippen LogP contribution is 2.47. The summed E-state index contributed by atoms with van der Waals surface area (Å²) in [6.07, 6.45) is 4.39. The van der Waals surface area contributed by atoms with Crippen LogP contribution in [0.25, 0.3) is 32.8 Å². The van der Waals surface area contributed by atoms with Crippen LogP contribution in [-0.4, -0.2) is 92.7 Å². The first-order valence-electron chi connectivity index (χ1n) is 20.3. The number of fused-ring (bicyclic) bond motifs is 4. The molecule has 2 bridgehead atoms. The minimum absolute atomic E-state index is 0.0391. The standard InChI is InChI=1S/C44H55ClFN5O3Si/c1-27(2)55(28(3)4,29(5)6)20-13-35-38(45)12-7-30-21-33(52)22-37(39(30)35)34-10-11-36-41(40(34)46)48-43(49-42(36)51-23-31-8-9-32(24-51)47-31)54-26-44(14-15-44)25-50-16-18-53-19-17-50/h7,10-12,21-22,27-29,31-32,47,52H,8-9,14-19,23-26H2,1-6H3. The zero-order valence-corrected chi connectivity index (χ0v) is 34.9. The second kappa shape index (κ2) is 15.1. The number of halogens is 2. The van der Waals surface area contributed by atoms with Gasteiger partial charge < -0.3 is 24.8 Å². The lowest BCUT2D eigenvalue weighted by Gasteiger charge is -2.38. The van der Waals surface area contributed by atoms with Crippen molar-refractivity contribution in [2.45, 2.75) is 95.9 Å².